The molecule has 0 heterocycles. The summed E-state index contributed by atoms with van der Waals surface area (Å²) in [6.45, 7) is 0.115. The molecule has 84 valence electrons. The molecule has 0 fully saturated rings. The van der Waals surface area contributed by atoms with Crippen molar-refractivity contribution in [3.63, 3.8) is 0 Å². The van der Waals surface area contributed by atoms with Crippen LogP contribution in [-0.4, -0.2) is 20.2 Å². The van der Waals surface area contributed by atoms with Gasteiger partial charge < -0.3 is 14.2 Å². The lowest BCUT2D eigenvalue weighted by molar-refractivity contribution is -0.120. The van der Waals surface area contributed by atoms with E-state index in [-0.39, 0.29) is 30.3 Å². The zero-order chi connectivity index (χ0) is 12.0. The van der Waals surface area contributed by atoms with E-state index in [4.69, 9.17) is 15.9 Å². The number of hydrogen-bond acceptors (Lipinski definition) is 4. The molecule has 0 aliphatic carbocycles. The monoisotopic (exact) mass is 224 g/mol. The van der Waals surface area contributed by atoms with Gasteiger partial charge in [-0.3, -0.25) is 4.79 Å². The molecule has 5 heteroatoms. The van der Waals surface area contributed by atoms with E-state index in [1.54, 1.807) is 0 Å². The zero-order valence-electron chi connectivity index (χ0n) is 8.53. The molecule has 1 aromatic rings. The van der Waals surface area contributed by atoms with Crippen LogP contribution in [0.3, 0.4) is 0 Å². The summed E-state index contributed by atoms with van der Waals surface area (Å²) in [6.07, 6.45) is 5.00. The van der Waals surface area contributed by atoms with Crippen LogP contribution in [0, 0.1) is 18.2 Å². The fourth-order valence-electron chi connectivity index (χ4n) is 1.05. The number of ether oxygens (including phenoxy) is 3. The van der Waals surface area contributed by atoms with Crippen LogP contribution in [0.4, 0.5) is 4.39 Å². The Hall–Kier alpha value is -2.22. The number of rotatable bonds is 5. The molecule has 0 bridgehead atoms. The number of methoxy groups -OCH3 is 1. The van der Waals surface area contributed by atoms with Crippen molar-refractivity contribution in [2.45, 2.75) is 0 Å². The summed E-state index contributed by atoms with van der Waals surface area (Å²) in [5, 5.41) is 0. The van der Waals surface area contributed by atoms with Gasteiger partial charge in [0.15, 0.2) is 23.1 Å². The van der Waals surface area contributed by atoms with Crippen LogP contribution >= 0.6 is 0 Å². The Balaban J connectivity index is 3.05. The minimum Gasteiger partial charge on any atom is -0.493 e. The lowest BCUT2D eigenvalue weighted by Crippen LogP contribution is -1.99. The molecular formula is C11H9FO4. The summed E-state index contributed by atoms with van der Waals surface area (Å²) in [7, 11) is 1.38. The summed E-state index contributed by atoms with van der Waals surface area (Å²) in [4.78, 5) is 10.1. The molecule has 0 spiro atoms. The third-order valence-electron chi connectivity index (χ3n) is 1.70. The first-order chi connectivity index (χ1) is 7.72. The number of terminal acetylenes is 1. The van der Waals surface area contributed by atoms with Gasteiger partial charge in [-0.25, -0.2) is 4.39 Å². The Kier molecular flexibility index (Phi) is 4.16. The zero-order valence-corrected chi connectivity index (χ0v) is 8.53. The van der Waals surface area contributed by atoms with Gasteiger partial charge in [0.1, 0.15) is 6.61 Å². The predicted octanol–water partition coefficient (Wildman–Crippen LogP) is 1.38. The van der Waals surface area contributed by atoms with E-state index in [1.165, 1.54) is 13.2 Å². The number of halogens is 1. The molecule has 0 unspecified atom stereocenters. The Morgan fingerprint density at radius 1 is 1.44 bits per heavy atom. The Bertz CT molecular complexity index is 423. The molecule has 0 N–H and O–H groups in total. The molecule has 4 nitrogen and oxygen atoms in total. The summed E-state index contributed by atoms with van der Waals surface area (Å²) in [5.41, 5.74) is 0. The molecule has 0 aliphatic rings. The van der Waals surface area contributed by atoms with Crippen LogP contribution in [0.15, 0.2) is 12.1 Å². The largest absolute Gasteiger partial charge is 0.493 e. The van der Waals surface area contributed by atoms with Crippen LogP contribution in [0.2, 0.25) is 0 Å². The summed E-state index contributed by atoms with van der Waals surface area (Å²) in [5.74, 6) is 1.65. The van der Waals surface area contributed by atoms with Gasteiger partial charge >= 0.3 is 0 Å². The third kappa shape index (κ3) is 2.64. The summed E-state index contributed by atoms with van der Waals surface area (Å²) in [6, 6.07) is 2.24. The predicted molar refractivity (Wildman–Crippen MR) is 54.0 cm³/mol. The molecule has 0 aromatic heterocycles. The van der Waals surface area contributed by atoms with Gasteiger partial charge in [0.25, 0.3) is 6.47 Å². The maximum atomic E-state index is 13.3. The van der Waals surface area contributed by atoms with Crippen molar-refractivity contribution in [1.29, 1.82) is 0 Å². The molecule has 0 saturated heterocycles. The van der Waals surface area contributed by atoms with Crippen molar-refractivity contribution in [2.24, 2.45) is 0 Å². The van der Waals surface area contributed by atoms with E-state index in [1.807, 2.05) is 0 Å². The molecular weight excluding hydrogens is 215 g/mol. The van der Waals surface area contributed by atoms with E-state index < -0.39 is 5.82 Å². The topological polar surface area (TPSA) is 44.8 Å². The molecule has 0 saturated carbocycles. The average molecular weight is 224 g/mol. The smallest absolute Gasteiger partial charge is 0.298 e. The van der Waals surface area contributed by atoms with Crippen molar-refractivity contribution in [1.82, 2.24) is 0 Å². The summed E-state index contributed by atoms with van der Waals surface area (Å²) >= 11 is 0. The normalized spacial score (nSPS) is 9.06. The van der Waals surface area contributed by atoms with Crippen LogP contribution in [-0.2, 0) is 4.79 Å². The molecule has 16 heavy (non-hydrogen) atoms. The van der Waals surface area contributed by atoms with Crippen LogP contribution in [0.5, 0.6) is 17.2 Å². The second kappa shape index (κ2) is 5.61. The summed E-state index contributed by atoms with van der Waals surface area (Å²) < 4.78 is 27.7. The highest BCUT2D eigenvalue weighted by atomic mass is 19.1. The molecule has 1 aromatic carbocycles. The second-order valence-corrected chi connectivity index (χ2v) is 2.64. The lowest BCUT2D eigenvalue weighted by atomic mass is 10.3. The van der Waals surface area contributed by atoms with Crippen molar-refractivity contribution in [2.75, 3.05) is 13.7 Å². The Morgan fingerprint density at radius 2 is 2.19 bits per heavy atom. The van der Waals surface area contributed by atoms with E-state index in [0.29, 0.717) is 0 Å². The first-order valence-electron chi connectivity index (χ1n) is 4.27. The van der Waals surface area contributed by atoms with Gasteiger partial charge in [-0.05, 0) is 0 Å². The maximum Gasteiger partial charge on any atom is 0.298 e. The standard InChI is InChI=1S/C11H9FO4/c1-3-4-15-11-5-8(12)9(16-7-13)6-10(11)14-2/h1,5-7H,4H2,2H3. The SMILES string of the molecule is C#CCOc1cc(F)c(OC=O)cc1OC. The first-order valence-corrected chi connectivity index (χ1v) is 4.27. The van der Waals surface area contributed by atoms with E-state index >= 15 is 0 Å². The number of hydrogen-bond donors (Lipinski definition) is 0. The quantitative estimate of drug-likeness (QED) is 0.560. The fraction of sp³-hybridized carbons (Fsp3) is 0.182. The van der Waals surface area contributed by atoms with Crippen LogP contribution in [0.25, 0.3) is 0 Å². The maximum absolute atomic E-state index is 13.3. The minimum absolute atomic E-state index is 0.0102. The van der Waals surface area contributed by atoms with E-state index in [2.05, 4.69) is 10.7 Å². The molecule has 0 amide bonds. The van der Waals surface area contributed by atoms with Gasteiger partial charge in [-0.15, -0.1) is 6.42 Å². The van der Waals surface area contributed by atoms with Gasteiger partial charge in [-0.1, -0.05) is 5.92 Å². The molecule has 0 atom stereocenters. The van der Waals surface area contributed by atoms with Crippen LogP contribution in [0.1, 0.15) is 0 Å². The number of carbonyl (C=O) groups excluding carboxylic acids is 1. The van der Waals surface area contributed by atoms with Gasteiger partial charge in [-0.2, -0.15) is 0 Å². The minimum atomic E-state index is -0.736. The average Bonchev–Trinajstić information content (AvgIpc) is 2.29. The Labute approximate surface area is 91.9 Å². The van der Waals surface area contributed by atoms with Gasteiger partial charge in [0, 0.05) is 12.1 Å². The lowest BCUT2D eigenvalue weighted by Gasteiger charge is -2.10. The second-order valence-electron chi connectivity index (χ2n) is 2.64. The Morgan fingerprint density at radius 3 is 2.75 bits per heavy atom. The first kappa shape index (κ1) is 11.9. The highest BCUT2D eigenvalue weighted by Crippen LogP contribution is 2.33. The molecule has 0 radical (unpaired) electrons. The molecule has 1 rings (SSSR count). The van der Waals surface area contributed by atoms with E-state index in [0.717, 1.165) is 6.07 Å². The third-order valence-corrected chi connectivity index (χ3v) is 1.70. The van der Waals surface area contributed by atoms with Crippen molar-refractivity contribution in [3.05, 3.63) is 17.9 Å². The highest BCUT2D eigenvalue weighted by molar-refractivity contribution is 5.51. The number of carbonyl (C=O) groups is 1. The van der Waals surface area contributed by atoms with Crippen molar-refractivity contribution >= 4 is 6.47 Å². The van der Waals surface area contributed by atoms with Crippen molar-refractivity contribution < 1.29 is 23.4 Å². The fourth-order valence-corrected chi connectivity index (χ4v) is 1.05. The van der Waals surface area contributed by atoms with Gasteiger partial charge in [0.05, 0.1) is 7.11 Å². The van der Waals surface area contributed by atoms with Crippen LogP contribution < -0.4 is 14.2 Å². The molecule has 0 aliphatic heterocycles. The highest BCUT2D eigenvalue weighted by Gasteiger charge is 2.12. The van der Waals surface area contributed by atoms with Gasteiger partial charge in [0.2, 0.25) is 0 Å². The number of benzene rings is 1. The van der Waals surface area contributed by atoms with Crippen molar-refractivity contribution in [3.8, 4) is 29.6 Å². The van der Waals surface area contributed by atoms with E-state index in [9.17, 15) is 9.18 Å².